The number of nitro groups is 1. The highest BCUT2D eigenvalue weighted by atomic mass is 16.6. The molecule has 1 heterocycles. The minimum absolute atomic E-state index is 0.0271. The number of nitrogens with zero attached hydrogens (tertiary/aromatic N) is 1. The second kappa shape index (κ2) is 7.96. The van der Waals surface area contributed by atoms with E-state index < -0.39 is 4.92 Å². The summed E-state index contributed by atoms with van der Waals surface area (Å²) in [6.07, 6.45) is 0. The number of amides is 1. The molecular formula is C21H20N2O5. The third-order valence-electron chi connectivity index (χ3n) is 4.21. The molecule has 2 aromatic carbocycles. The van der Waals surface area contributed by atoms with E-state index in [1.165, 1.54) is 6.07 Å². The number of hydrogen-bond donors (Lipinski definition) is 1. The van der Waals surface area contributed by atoms with Crippen molar-refractivity contribution in [3.63, 3.8) is 0 Å². The van der Waals surface area contributed by atoms with Gasteiger partial charge in [0.25, 0.3) is 5.91 Å². The second-order valence-electron chi connectivity index (χ2n) is 6.56. The molecule has 3 rings (SSSR count). The van der Waals surface area contributed by atoms with E-state index in [0.717, 1.165) is 22.4 Å². The van der Waals surface area contributed by atoms with Gasteiger partial charge in [0.1, 0.15) is 12.4 Å². The van der Waals surface area contributed by atoms with Gasteiger partial charge in [-0.2, -0.15) is 0 Å². The third kappa shape index (κ3) is 4.37. The van der Waals surface area contributed by atoms with E-state index in [9.17, 15) is 14.9 Å². The van der Waals surface area contributed by atoms with Crippen LogP contribution in [0, 0.1) is 30.9 Å². The van der Waals surface area contributed by atoms with Gasteiger partial charge in [0.2, 0.25) is 0 Å². The summed E-state index contributed by atoms with van der Waals surface area (Å²) in [5.41, 5.74) is 3.35. The van der Waals surface area contributed by atoms with Gasteiger partial charge in [0.05, 0.1) is 4.92 Å². The van der Waals surface area contributed by atoms with Crippen LogP contribution in [0.3, 0.4) is 0 Å². The number of benzene rings is 2. The van der Waals surface area contributed by atoms with Gasteiger partial charge in [-0.15, -0.1) is 0 Å². The van der Waals surface area contributed by atoms with Crippen molar-refractivity contribution in [1.82, 2.24) is 0 Å². The Morgan fingerprint density at radius 3 is 2.54 bits per heavy atom. The molecule has 0 aliphatic carbocycles. The number of nitro benzene ring substituents is 1. The van der Waals surface area contributed by atoms with Crippen LogP contribution in [0.2, 0.25) is 0 Å². The first-order valence-corrected chi connectivity index (χ1v) is 8.68. The van der Waals surface area contributed by atoms with Crippen molar-refractivity contribution < 1.29 is 18.9 Å². The third-order valence-corrected chi connectivity index (χ3v) is 4.21. The summed E-state index contributed by atoms with van der Waals surface area (Å²) in [5, 5.41) is 14.0. The van der Waals surface area contributed by atoms with Crippen LogP contribution in [-0.2, 0) is 6.61 Å². The van der Waals surface area contributed by atoms with E-state index in [2.05, 4.69) is 5.32 Å². The lowest BCUT2D eigenvalue weighted by Crippen LogP contribution is -2.12. The Kier molecular flexibility index (Phi) is 5.44. The standard InChI is InChI=1S/C21H20N2O5/c1-13-4-6-15(3)17(10-13)22-21(24)20-9-7-16(28-20)12-27-19-8-5-14(2)11-18(19)23(25)26/h4-11H,12H2,1-3H3,(H,22,24). The van der Waals surface area contributed by atoms with E-state index in [1.807, 2.05) is 32.0 Å². The predicted octanol–water partition coefficient (Wildman–Crippen LogP) is 4.94. The molecule has 0 radical (unpaired) electrons. The van der Waals surface area contributed by atoms with Gasteiger partial charge in [0, 0.05) is 11.8 Å². The number of anilines is 1. The highest BCUT2D eigenvalue weighted by Gasteiger charge is 2.17. The fraction of sp³-hybridized carbons (Fsp3) is 0.190. The van der Waals surface area contributed by atoms with Crippen LogP contribution >= 0.6 is 0 Å². The molecule has 0 aliphatic rings. The molecule has 0 bridgehead atoms. The van der Waals surface area contributed by atoms with Crippen LogP contribution in [0.1, 0.15) is 33.0 Å². The molecule has 144 valence electrons. The Balaban J connectivity index is 1.68. The summed E-state index contributed by atoms with van der Waals surface area (Å²) in [7, 11) is 0. The first-order valence-electron chi connectivity index (χ1n) is 8.68. The van der Waals surface area contributed by atoms with Crippen molar-refractivity contribution >= 4 is 17.3 Å². The summed E-state index contributed by atoms with van der Waals surface area (Å²) < 4.78 is 11.0. The van der Waals surface area contributed by atoms with E-state index in [0.29, 0.717) is 5.76 Å². The zero-order valence-corrected chi connectivity index (χ0v) is 15.8. The van der Waals surface area contributed by atoms with Gasteiger partial charge in [-0.25, -0.2) is 0 Å². The van der Waals surface area contributed by atoms with Crippen molar-refractivity contribution in [2.75, 3.05) is 5.32 Å². The molecule has 1 N–H and O–H groups in total. The first kappa shape index (κ1) is 19.2. The van der Waals surface area contributed by atoms with Gasteiger partial charge in [0.15, 0.2) is 11.5 Å². The van der Waals surface area contributed by atoms with Gasteiger partial charge < -0.3 is 14.5 Å². The largest absolute Gasteiger partial charge is 0.479 e. The number of carbonyl (C=O) groups is 1. The lowest BCUT2D eigenvalue weighted by Gasteiger charge is -2.08. The highest BCUT2D eigenvalue weighted by Crippen LogP contribution is 2.28. The van der Waals surface area contributed by atoms with Gasteiger partial charge >= 0.3 is 5.69 Å². The molecule has 7 nitrogen and oxygen atoms in total. The molecule has 3 aromatic rings. The number of hydrogen-bond acceptors (Lipinski definition) is 5. The Labute approximate surface area is 162 Å². The number of ether oxygens (including phenoxy) is 1. The summed E-state index contributed by atoms with van der Waals surface area (Å²) in [5.74, 6) is 0.300. The molecule has 1 amide bonds. The average Bonchev–Trinajstić information content (AvgIpc) is 3.12. The van der Waals surface area contributed by atoms with E-state index >= 15 is 0 Å². The van der Waals surface area contributed by atoms with Crippen LogP contribution in [0.25, 0.3) is 0 Å². The first-order chi connectivity index (χ1) is 13.3. The maximum atomic E-state index is 12.4. The molecule has 0 aliphatic heterocycles. The van der Waals surface area contributed by atoms with E-state index in [4.69, 9.17) is 9.15 Å². The fourth-order valence-electron chi connectivity index (χ4n) is 2.67. The van der Waals surface area contributed by atoms with Crippen LogP contribution in [0.4, 0.5) is 11.4 Å². The number of carbonyl (C=O) groups excluding carboxylic acids is 1. The van der Waals surface area contributed by atoms with Crippen molar-refractivity contribution in [3.8, 4) is 5.75 Å². The second-order valence-corrected chi connectivity index (χ2v) is 6.56. The molecule has 0 atom stereocenters. The summed E-state index contributed by atoms with van der Waals surface area (Å²) in [6.45, 7) is 5.59. The van der Waals surface area contributed by atoms with Gasteiger partial charge in [-0.3, -0.25) is 14.9 Å². The maximum absolute atomic E-state index is 12.4. The van der Waals surface area contributed by atoms with Gasteiger partial charge in [-0.1, -0.05) is 18.2 Å². The minimum Gasteiger partial charge on any atom is -0.479 e. The highest BCUT2D eigenvalue weighted by molar-refractivity contribution is 6.02. The molecule has 7 heteroatoms. The Bertz CT molecular complexity index is 1040. The maximum Gasteiger partial charge on any atom is 0.311 e. The van der Waals surface area contributed by atoms with Crippen molar-refractivity contribution in [3.05, 3.63) is 86.9 Å². The number of nitrogens with one attached hydrogen (secondary N) is 1. The lowest BCUT2D eigenvalue weighted by atomic mass is 10.1. The normalized spacial score (nSPS) is 10.5. The topological polar surface area (TPSA) is 94.6 Å². The van der Waals surface area contributed by atoms with Crippen molar-refractivity contribution in [1.29, 1.82) is 0 Å². The zero-order chi connectivity index (χ0) is 20.3. The average molecular weight is 380 g/mol. The quantitative estimate of drug-likeness (QED) is 0.482. The number of rotatable bonds is 6. The number of furan rings is 1. The molecule has 28 heavy (non-hydrogen) atoms. The van der Waals surface area contributed by atoms with Crippen LogP contribution in [-0.4, -0.2) is 10.8 Å². The molecule has 0 spiro atoms. The molecule has 0 unspecified atom stereocenters. The monoisotopic (exact) mass is 380 g/mol. The Hall–Kier alpha value is -3.61. The predicted molar refractivity (Wildman–Crippen MR) is 105 cm³/mol. The summed E-state index contributed by atoms with van der Waals surface area (Å²) in [4.78, 5) is 23.1. The van der Waals surface area contributed by atoms with Gasteiger partial charge in [-0.05, 0) is 61.7 Å². The number of aryl methyl sites for hydroxylation is 3. The molecule has 0 saturated heterocycles. The fourth-order valence-corrected chi connectivity index (χ4v) is 2.67. The van der Waals surface area contributed by atoms with E-state index in [1.54, 1.807) is 31.2 Å². The molecule has 0 fully saturated rings. The van der Waals surface area contributed by atoms with Crippen molar-refractivity contribution in [2.45, 2.75) is 27.4 Å². The molecule has 1 aromatic heterocycles. The van der Waals surface area contributed by atoms with E-state index in [-0.39, 0.29) is 29.7 Å². The lowest BCUT2D eigenvalue weighted by molar-refractivity contribution is -0.386. The molecule has 0 saturated carbocycles. The smallest absolute Gasteiger partial charge is 0.311 e. The minimum atomic E-state index is -0.493. The Morgan fingerprint density at radius 2 is 1.79 bits per heavy atom. The van der Waals surface area contributed by atoms with Crippen LogP contribution < -0.4 is 10.1 Å². The van der Waals surface area contributed by atoms with Crippen LogP contribution in [0.15, 0.2) is 52.9 Å². The SMILES string of the molecule is Cc1ccc(C)c(NC(=O)c2ccc(COc3ccc(C)cc3[N+](=O)[O-])o2)c1. The summed E-state index contributed by atoms with van der Waals surface area (Å²) >= 11 is 0. The van der Waals surface area contributed by atoms with Crippen LogP contribution in [0.5, 0.6) is 5.75 Å². The Morgan fingerprint density at radius 1 is 1.07 bits per heavy atom. The summed E-state index contributed by atoms with van der Waals surface area (Å²) in [6, 6.07) is 13.7. The van der Waals surface area contributed by atoms with Crippen molar-refractivity contribution in [2.24, 2.45) is 0 Å². The zero-order valence-electron chi connectivity index (χ0n) is 15.8. The molecular weight excluding hydrogens is 360 g/mol.